The number of nitrogens with zero attached hydrogens (tertiary/aromatic N) is 1. The van der Waals surface area contributed by atoms with E-state index < -0.39 is 35.3 Å². The minimum Gasteiger partial charge on any atom is -0.467 e. The van der Waals surface area contributed by atoms with Gasteiger partial charge in [-0.3, -0.25) is 4.79 Å². The van der Waals surface area contributed by atoms with Gasteiger partial charge in [0.25, 0.3) is 5.91 Å². The molecule has 0 fully saturated rings. The zero-order valence-electron chi connectivity index (χ0n) is 15.1. The molecule has 0 aliphatic carbocycles. The van der Waals surface area contributed by atoms with E-state index in [2.05, 4.69) is 0 Å². The summed E-state index contributed by atoms with van der Waals surface area (Å²) in [6, 6.07) is 7.06. The monoisotopic (exact) mass is 441 g/mol. The van der Waals surface area contributed by atoms with Crippen molar-refractivity contribution in [3.05, 3.63) is 75.5 Å². The number of rotatable bonds is 6. The molecule has 152 valence electrons. The van der Waals surface area contributed by atoms with Crippen molar-refractivity contribution in [1.29, 1.82) is 0 Å². The van der Waals surface area contributed by atoms with Crippen molar-refractivity contribution in [2.75, 3.05) is 13.7 Å². The summed E-state index contributed by atoms with van der Waals surface area (Å²) in [5, 5.41) is 0.659. The van der Waals surface area contributed by atoms with Gasteiger partial charge in [-0.05, 0) is 29.8 Å². The van der Waals surface area contributed by atoms with Gasteiger partial charge in [0, 0.05) is 22.5 Å². The normalized spacial score (nSPS) is 14.6. The lowest BCUT2D eigenvalue weighted by atomic mass is 10.0. The quantitative estimate of drug-likeness (QED) is 0.631. The van der Waals surface area contributed by atoms with Crippen molar-refractivity contribution >= 4 is 35.1 Å². The third kappa shape index (κ3) is 4.52. The standard InChI is InChI=1S/C20H15Cl2F2NO4/c1-28-20(27)17(9-12-13(21)4-2-5-14(12)22)25-10-11(8-18(25)26)29-19-15(23)6-3-7-16(19)24/h2-8,17H,9-10H2,1H3. The smallest absolute Gasteiger partial charge is 0.328 e. The number of esters is 1. The predicted octanol–water partition coefficient (Wildman–Crippen LogP) is 4.16. The van der Waals surface area contributed by atoms with E-state index in [1.54, 1.807) is 18.2 Å². The SMILES string of the molecule is COC(=O)C(Cc1c(Cl)cccc1Cl)N1CC(Oc2c(F)cccc2F)=CC1=O. The lowest BCUT2D eigenvalue weighted by molar-refractivity contribution is -0.150. The molecule has 0 aromatic heterocycles. The van der Waals surface area contributed by atoms with Gasteiger partial charge in [0.1, 0.15) is 11.8 Å². The molecule has 29 heavy (non-hydrogen) atoms. The molecular formula is C20H15Cl2F2NO4. The maximum atomic E-state index is 13.8. The van der Waals surface area contributed by atoms with Crippen LogP contribution in [0.25, 0.3) is 0 Å². The molecule has 1 unspecified atom stereocenters. The minimum atomic E-state index is -1.06. The lowest BCUT2D eigenvalue weighted by Gasteiger charge is -2.26. The third-order valence-corrected chi connectivity index (χ3v) is 5.06. The highest BCUT2D eigenvalue weighted by Crippen LogP contribution is 2.29. The molecule has 1 amide bonds. The Hall–Kier alpha value is -2.64. The van der Waals surface area contributed by atoms with E-state index in [1.165, 1.54) is 18.1 Å². The first kappa shape index (κ1) is 21.1. The molecule has 3 rings (SSSR count). The van der Waals surface area contributed by atoms with E-state index in [0.717, 1.165) is 18.2 Å². The number of ether oxygens (including phenoxy) is 2. The fraction of sp³-hybridized carbons (Fsp3) is 0.200. The minimum absolute atomic E-state index is 0.00784. The number of carbonyl (C=O) groups is 2. The van der Waals surface area contributed by atoms with Crippen molar-refractivity contribution < 1.29 is 27.8 Å². The van der Waals surface area contributed by atoms with Crippen molar-refractivity contribution in [3.63, 3.8) is 0 Å². The second-order valence-electron chi connectivity index (χ2n) is 6.17. The summed E-state index contributed by atoms with van der Waals surface area (Å²) in [5.41, 5.74) is 0.466. The number of carbonyl (C=O) groups excluding carboxylic acids is 2. The average molecular weight is 442 g/mol. The Bertz CT molecular complexity index is 956. The fourth-order valence-corrected chi connectivity index (χ4v) is 3.48. The highest BCUT2D eigenvalue weighted by atomic mass is 35.5. The van der Waals surface area contributed by atoms with Crippen LogP contribution in [0.4, 0.5) is 8.78 Å². The first-order chi connectivity index (χ1) is 13.8. The van der Waals surface area contributed by atoms with Crippen LogP contribution >= 0.6 is 23.2 Å². The number of halogens is 4. The molecule has 0 radical (unpaired) electrons. The van der Waals surface area contributed by atoms with Gasteiger partial charge < -0.3 is 14.4 Å². The Morgan fingerprint density at radius 1 is 1.14 bits per heavy atom. The van der Waals surface area contributed by atoms with Crippen molar-refractivity contribution in [2.45, 2.75) is 12.5 Å². The zero-order chi connectivity index (χ0) is 21.1. The topological polar surface area (TPSA) is 55.8 Å². The highest BCUT2D eigenvalue weighted by molar-refractivity contribution is 6.36. The van der Waals surface area contributed by atoms with Gasteiger partial charge in [-0.15, -0.1) is 0 Å². The fourth-order valence-electron chi connectivity index (χ4n) is 2.93. The summed E-state index contributed by atoms with van der Waals surface area (Å²) in [4.78, 5) is 26.0. The van der Waals surface area contributed by atoms with Gasteiger partial charge in [-0.2, -0.15) is 0 Å². The number of hydrogen-bond acceptors (Lipinski definition) is 4. The van der Waals surface area contributed by atoms with Gasteiger partial charge >= 0.3 is 5.97 Å². The Balaban J connectivity index is 1.83. The maximum absolute atomic E-state index is 13.8. The molecule has 1 aliphatic heterocycles. The van der Waals surface area contributed by atoms with Crippen LogP contribution in [-0.2, 0) is 20.7 Å². The van der Waals surface area contributed by atoms with E-state index >= 15 is 0 Å². The molecule has 9 heteroatoms. The molecule has 0 spiro atoms. The Morgan fingerprint density at radius 2 is 1.72 bits per heavy atom. The predicted molar refractivity (Wildman–Crippen MR) is 103 cm³/mol. The van der Waals surface area contributed by atoms with Crippen LogP contribution in [0.2, 0.25) is 10.0 Å². The summed E-state index contributed by atoms with van der Waals surface area (Å²) in [6.45, 7) is -0.186. The number of hydrogen-bond donors (Lipinski definition) is 0. The van der Waals surface area contributed by atoms with Crippen LogP contribution in [0.15, 0.2) is 48.2 Å². The van der Waals surface area contributed by atoms with Crippen molar-refractivity contribution in [3.8, 4) is 5.75 Å². The van der Waals surface area contributed by atoms with Gasteiger partial charge in [-0.1, -0.05) is 35.3 Å². The molecule has 1 heterocycles. The number of amides is 1. The zero-order valence-corrected chi connectivity index (χ0v) is 16.6. The van der Waals surface area contributed by atoms with Crippen LogP contribution < -0.4 is 4.74 Å². The van der Waals surface area contributed by atoms with E-state index in [-0.39, 0.29) is 18.7 Å². The van der Waals surface area contributed by atoms with Crippen LogP contribution in [0.3, 0.4) is 0 Å². The molecule has 0 saturated carbocycles. The molecular weight excluding hydrogens is 427 g/mol. The molecule has 5 nitrogen and oxygen atoms in total. The van der Waals surface area contributed by atoms with Crippen LogP contribution in [0.1, 0.15) is 5.56 Å². The summed E-state index contributed by atoms with van der Waals surface area (Å²) >= 11 is 12.3. The Morgan fingerprint density at radius 3 is 2.31 bits per heavy atom. The largest absolute Gasteiger partial charge is 0.467 e. The van der Waals surface area contributed by atoms with Gasteiger partial charge in [0.2, 0.25) is 0 Å². The number of methoxy groups -OCH3 is 1. The second-order valence-corrected chi connectivity index (χ2v) is 6.99. The van der Waals surface area contributed by atoms with Crippen molar-refractivity contribution in [1.82, 2.24) is 4.90 Å². The third-order valence-electron chi connectivity index (χ3n) is 4.35. The van der Waals surface area contributed by atoms with E-state index in [0.29, 0.717) is 15.6 Å². The molecule has 1 aliphatic rings. The van der Waals surface area contributed by atoms with E-state index in [1.807, 2.05) is 0 Å². The Kier molecular flexibility index (Phi) is 6.39. The van der Waals surface area contributed by atoms with E-state index in [9.17, 15) is 18.4 Å². The molecule has 2 aromatic rings. The first-order valence-electron chi connectivity index (χ1n) is 8.45. The molecule has 2 aromatic carbocycles. The van der Waals surface area contributed by atoms with Crippen LogP contribution in [0.5, 0.6) is 5.75 Å². The second kappa shape index (κ2) is 8.80. The van der Waals surface area contributed by atoms with Crippen molar-refractivity contribution in [2.24, 2.45) is 0 Å². The van der Waals surface area contributed by atoms with Crippen LogP contribution in [0, 0.1) is 11.6 Å². The Labute approximate surface area is 175 Å². The van der Waals surface area contributed by atoms with Gasteiger partial charge in [-0.25, -0.2) is 13.6 Å². The summed E-state index contributed by atoms with van der Waals surface area (Å²) < 4.78 is 37.7. The van der Waals surface area contributed by atoms with Crippen LogP contribution in [-0.4, -0.2) is 36.5 Å². The molecule has 1 atom stereocenters. The van der Waals surface area contributed by atoms with Gasteiger partial charge in [0.05, 0.1) is 13.7 Å². The summed E-state index contributed by atoms with van der Waals surface area (Å²) in [7, 11) is 1.18. The molecule has 0 bridgehead atoms. The van der Waals surface area contributed by atoms with Gasteiger partial charge in [0.15, 0.2) is 17.4 Å². The average Bonchev–Trinajstić information content (AvgIpc) is 3.04. The highest BCUT2D eigenvalue weighted by Gasteiger charge is 2.36. The summed E-state index contributed by atoms with van der Waals surface area (Å²) in [6.07, 6.45) is 1.06. The number of benzene rings is 2. The first-order valence-corrected chi connectivity index (χ1v) is 9.21. The molecule has 0 saturated heterocycles. The lowest BCUT2D eigenvalue weighted by Crippen LogP contribution is -2.45. The maximum Gasteiger partial charge on any atom is 0.328 e. The summed E-state index contributed by atoms with van der Waals surface area (Å²) in [5.74, 6) is -3.74. The number of para-hydroxylation sites is 1. The van der Waals surface area contributed by atoms with E-state index in [4.69, 9.17) is 32.7 Å². The molecule has 0 N–H and O–H groups in total.